The Kier molecular flexibility index (Phi) is 4.39. The third-order valence-electron chi connectivity index (χ3n) is 3.06. The molecule has 1 heterocycles. The Labute approximate surface area is 114 Å². The molecule has 0 aliphatic carbocycles. The summed E-state index contributed by atoms with van der Waals surface area (Å²) in [6.45, 7) is 2.09. The monoisotopic (exact) mass is 291 g/mol. The Morgan fingerprint density at radius 1 is 1.25 bits per heavy atom. The first-order valence-electron chi connectivity index (χ1n) is 6.25. The second-order valence-electron chi connectivity index (χ2n) is 4.59. The van der Waals surface area contributed by atoms with Gasteiger partial charge in [-0.3, -0.25) is 0 Å². The van der Waals surface area contributed by atoms with Gasteiger partial charge in [-0.1, -0.05) is 6.07 Å². The van der Waals surface area contributed by atoms with E-state index in [4.69, 9.17) is 14.6 Å². The van der Waals surface area contributed by atoms with Gasteiger partial charge in [0.25, 0.3) is 0 Å². The predicted molar refractivity (Wildman–Crippen MR) is 65.9 cm³/mol. The Bertz CT molecular complexity index is 465. The summed E-state index contributed by atoms with van der Waals surface area (Å²) in [4.78, 5) is 0. The van der Waals surface area contributed by atoms with E-state index in [1.54, 1.807) is 25.1 Å². The molecule has 0 saturated heterocycles. The summed E-state index contributed by atoms with van der Waals surface area (Å²) in [7, 11) is 0. The van der Waals surface area contributed by atoms with Crippen LogP contribution in [0.3, 0.4) is 0 Å². The number of fused-ring (bicyclic) bond motifs is 1. The van der Waals surface area contributed by atoms with Crippen molar-refractivity contribution in [3.05, 3.63) is 23.8 Å². The number of hydrogen-bond acceptors (Lipinski definition) is 4. The summed E-state index contributed by atoms with van der Waals surface area (Å²) in [5.41, 5.74) is 0.767. The molecule has 0 bridgehead atoms. The van der Waals surface area contributed by atoms with E-state index < -0.39 is 18.8 Å². The third kappa shape index (κ3) is 3.55. The van der Waals surface area contributed by atoms with Crippen LogP contribution in [0.25, 0.3) is 0 Å². The molecule has 112 valence electrons. The largest absolute Gasteiger partial charge is 0.486 e. The van der Waals surface area contributed by atoms with Crippen LogP contribution in [0.4, 0.5) is 13.2 Å². The number of aliphatic hydroxyl groups excluding tert-OH is 1. The van der Waals surface area contributed by atoms with Crippen LogP contribution in [0.2, 0.25) is 0 Å². The van der Waals surface area contributed by atoms with Crippen molar-refractivity contribution in [2.24, 2.45) is 0 Å². The van der Waals surface area contributed by atoms with Crippen molar-refractivity contribution in [3.8, 4) is 11.5 Å². The van der Waals surface area contributed by atoms with Crippen LogP contribution >= 0.6 is 0 Å². The lowest BCUT2D eigenvalue weighted by Crippen LogP contribution is -2.39. The van der Waals surface area contributed by atoms with Crippen molar-refractivity contribution in [1.82, 2.24) is 5.32 Å². The molecule has 1 aromatic rings. The number of aliphatic hydroxyl groups is 1. The van der Waals surface area contributed by atoms with Crippen LogP contribution in [0.1, 0.15) is 18.5 Å². The molecule has 0 saturated carbocycles. The number of rotatable bonds is 4. The zero-order chi connectivity index (χ0) is 14.8. The average molecular weight is 291 g/mol. The SMILES string of the molecule is CC(NCC(O)C(F)(F)F)c1ccc2c(c1)OCCO2. The zero-order valence-corrected chi connectivity index (χ0v) is 10.9. The third-order valence-corrected chi connectivity index (χ3v) is 3.06. The minimum Gasteiger partial charge on any atom is -0.486 e. The van der Waals surface area contributed by atoms with Crippen molar-refractivity contribution in [1.29, 1.82) is 0 Å². The molecule has 0 spiro atoms. The maximum Gasteiger partial charge on any atom is 0.415 e. The van der Waals surface area contributed by atoms with E-state index in [0.717, 1.165) is 5.56 Å². The maximum absolute atomic E-state index is 12.2. The molecule has 2 atom stereocenters. The molecule has 2 rings (SSSR count). The molecule has 1 aliphatic heterocycles. The van der Waals surface area contributed by atoms with Crippen LogP contribution in [0.15, 0.2) is 18.2 Å². The molecule has 4 nitrogen and oxygen atoms in total. The van der Waals surface area contributed by atoms with Crippen molar-refractivity contribution in [2.45, 2.75) is 25.2 Å². The molecule has 1 aromatic carbocycles. The van der Waals surface area contributed by atoms with Crippen molar-refractivity contribution >= 4 is 0 Å². The first kappa shape index (κ1) is 14.9. The second kappa shape index (κ2) is 5.88. The molecule has 2 N–H and O–H groups in total. The highest BCUT2D eigenvalue weighted by Crippen LogP contribution is 2.32. The summed E-state index contributed by atoms with van der Waals surface area (Å²) >= 11 is 0. The van der Waals surface area contributed by atoms with Gasteiger partial charge in [-0.25, -0.2) is 0 Å². The molecule has 20 heavy (non-hydrogen) atoms. The second-order valence-corrected chi connectivity index (χ2v) is 4.59. The smallest absolute Gasteiger partial charge is 0.415 e. The highest BCUT2D eigenvalue weighted by molar-refractivity contribution is 5.44. The van der Waals surface area contributed by atoms with Gasteiger partial charge < -0.3 is 19.9 Å². The number of alkyl halides is 3. The van der Waals surface area contributed by atoms with E-state index in [-0.39, 0.29) is 6.04 Å². The molecule has 2 unspecified atom stereocenters. The van der Waals surface area contributed by atoms with Crippen LogP contribution < -0.4 is 14.8 Å². The molecule has 0 amide bonds. The molecule has 0 aromatic heterocycles. The van der Waals surface area contributed by atoms with Crippen molar-refractivity contribution in [3.63, 3.8) is 0 Å². The van der Waals surface area contributed by atoms with Crippen LogP contribution in [0.5, 0.6) is 11.5 Å². The number of halogens is 3. The maximum atomic E-state index is 12.2. The quantitative estimate of drug-likeness (QED) is 0.891. The minimum absolute atomic E-state index is 0.345. The minimum atomic E-state index is -4.61. The Balaban J connectivity index is 1.97. The highest BCUT2D eigenvalue weighted by atomic mass is 19.4. The van der Waals surface area contributed by atoms with Gasteiger partial charge in [0, 0.05) is 12.6 Å². The predicted octanol–water partition coefficient (Wildman–Crippen LogP) is 2.03. The number of hydrogen-bond donors (Lipinski definition) is 2. The van der Waals surface area contributed by atoms with E-state index in [2.05, 4.69) is 5.32 Å². The van der Waals surface area contributed by atoms with Crippen LogP contribution in [-0.4, -0.2) is 37.1 Å². The topological polar surface area (TPSA) is 50.7 Å². The average Bonchev–Trinajstić information content (AvgIpc) is 2.42. The Morgan fingerprint density at radius 3 is 2.55 bits per heavy atom. The Morgan fingerprint density at radius 2 is 1.90 bits per heavy atom. The van der Waals surface area contributed by atoms with E-state index in [1.165, 1.54) is 0 Å². The number of nitrogens with one attached hydrogen (secondary N) is 1. The fraction of sp³-hybridized carbons (Fsp3) is 0.538. The molecule has 1 aliphatic rings. The van der Waals surface area contributed by atoms with Gasteiger partial charge in [-0.15, -0.1) is 0 Å². The van der Waals surface area contributed by atoms with Gasteiger partial charge in [0.15, 0.2) is 17.6 Å². The lowest BCUT2D eigenvalue weighted by Gasteiger charge is -2.22. The van der Waals surface area contributed by atoms with Gasteiger partial charge >= 0.3 is 6.18 Å². The van der Waals surface area contributed by atoms with E-state index in [1.807, 2.05) is 0 Å². The standard InChI is InChI=1S/C13H16F3NO3/c1-8(17-7-12(18)13(14,15)16)9-2-3-10-11(6-9)20-5-4-19-10/h2-3,6,8,12,17-18H,4-5,7H2,1H3. The zero-order valence-electron chi connectivity index (χ0n) is 10.9. The Hall–Kier alpha value is -1.47. The summed E-state index contributed by atoms with van der Waals surface area (Å²) in [6.07, 6.45) is -6.98. The normalized spacial score (nSPS) is 17.6. The fourth-order valence-electron chi connectivity index (χ4n) is 1.85. The van der Waals surface area contributed by atoms with Gasteiger partial charge in [0.1, 0.15) is 13.2 Å². The molecule has 7 heteroatoms. The molecular formula is C13H16F3NO3. The van der Waals surface area contributed by atoms with E-state index >= 15 is 0 Å². The molecular weight excluding hydrogens is 275 g/mol. The molecule has 0 radical (unpaired) electrons. The van der Waals surface area contributed by atoms with Crippen LogP contribution in [0, 0.1) is 0 Å². The van der Waals surface area contributed by atoms with Gasteiger partial charge in [-0.2, -0.15) is 13.2 Å². The number of benzene rings is 1. The van der Waals surface area contributed by atoms with E-state index in [9.17, 15) is 13.2 Å². The van der Waals surface area contributed by atoms with Gasteiger partial charge in [0.2, 0.25) is 0 Å². The summed E-state index contributed by atoms with van der Waals surface area (Å²) in [6, 6.07) is 4.86. The highest BCUT2D eigenvalue weighted by Gasteiger charge is 2.37. The van der Waals surface area contributed by atoms with Gasteiger partial charge in [0.05, 0.1) is 0 Å². The summed E-state index contributed by atoms with van der Waals surface area (Å²) in [5.74, 6) is 1.21. The van der Waals surface area contributed by atoms with Gasteiger partial charge in [-0.05, 0) is 24.6 Å². The van der Waals surface area contributed by atoms with Crippen LogP contribution in [-0.2, 0) is 0 Å². The fourth-order valence-corrected chi connectivity index (χ4v) is 1.85. The summed E-state index contributed by atoms with van der Waals surface area (Å²) in [5, 5.41) is 11.6. The molecule has 0 fully saturated rings. The lowest BCUT2D eigenvalue weighted by molar-refractivity contribution is -0.202. The van der Waals surface area contributed by atoms with E-state index in [0.29, 0.717) is 24.7 Å². The lowest BCUT2D eigenvalue weighted by atomic mass is 10.1. The summed E-state index contributed by atoms with van der Waals surface area (Å²) < 4.78 is 47.4. The first-order chi connectivity index (χ1) is 9.38. The van der Waals surface area contributed by atoms with Crippen molar-refractivity contribution in [2.75, 3.05) is 19.8 Å². The van der Waals surface area contributed by atoms with Crippen molar-refractivity contribution < 1.29 is 27.8 Å². The first-order valence-corrected chi connectivity index (χ1v) is 6.25. The number of ether oxygens (including phenoxy) is 2.